The minimum absolute atomic E-state index is 0.0166. The van der Waals surface area contributed by atoms with Gasteiger partial charge >= 0.3 is 0 Å². The summed E-state index contributed by atoms with van der Waals surface area (Å²) in [5.41, 5.74) is 3.53. The van der Waals surface area contributed by atoms with E-state index in [0.29, 0.717) is 38.6 Å². The zero-order chi connectivity index (χ0) is 23.9. The molecule has 33 heavy (non-hydrogen) atoms. The van der Waals surface area contributed by atoms with Crippen LogP contribution in [0.15, 0.2) is 35.2 Å². The van der Waals surface area contributed by atoms with Crippen LogP contribution in [0.25, 0.3) is 10.7 Å². The van der Waals surface area contributed by atoms with Crippen molar-refractivity contribution in [1.29, 1.82) is 0 Å². The zero-order valence-corrected chi connectivity index (χ0v) is 21.3. The maximum absolute atomic E-state index is 13.1. The van der Waals surface area contributed by atoms with Gasteiger partial charge in [0.15, 0.2) is 0 Å². The quantitative estimate of drug-likeness (QED) is 0.564. The van der Waals surface area contributed by atoms with E-state index in [0.717, 1.165) is 31.5 Å². The first-order valence-corrected chi connectivity index (χ1v) is 13.4. The molecule has 9 heteroatoms. The van der Waals surface area contributed by atoms with Crippen molar-refractivity contribution in [2.45, 2.75) is 45.4 Å². The summed E-state index contributed by atoms with van der Waals surface area (Å²) in [6.07, 6.45) is 2.03. The molecule has 1 amide bonds. The summed E-state index contributed by atoms with van der Waals surface area (Å²) in [6, 6.07) is 8.86. The van der Waals surface area contributed by atoms with Crippen LogP contribution in [0.5, 0.6) is 0 Å². The highest BCUT2D eigenvalue weighted by Gasteiger charge is 2.28. The van der Waals surface area contributed by atoms with Crippen LogP contribution in [0.4, 0.5) is 5.69 Å². The average molecular weight is 487 g/mol. The molecule has 0 atom stereocenters. The van der Waals surface area contributed by atoms with E-state index in [2.05, 4.69) is 16.6 Å². The van der Waals surface area contributed by atoms with Crippen molar-refractivity contribution in [2.24, 2.45) is 13.0 Å². The summed E-state index contributed by atoms with van der Waals surface area (Å²) in [7, 11) is -1.96. The Hall–Kier alpha value is -2.65. The van der Waals surface area contributed by atoms with Crippen LogP contribution in [0.2, 0.25) is 0 Å². The first kappa shape index (κ1) is 23.5. The summed E-state index contributed by atoms with van der Waals surface area (Å²) in [4.78, 5) is 20.5. The lowest BCUT2D eigenvalue weighted by molar-refractivity contribution is 0.0701. The summed E-state index contributed by atoms with van der Waals surface area (Å²) >= 11 is 1.33. The lowest BCUT2D eigenvalue weighted by Crippen LogP contribution is -2.37. The van der Waals surface area contributed by atoms with Crippen LogP contribution >= 0.6 is 11.3 Å². The number of hydrogen-bond acceptors (Lipinski definition) is 5. The second kappa shape index (κ2) is 8.95. The van der Waals surface area contributed by atoms with Crippen LogP contribution in [0.3, 0.4) is 0 Å². The number of nitrogens with zero attached hydrogens (tertiary/aromatic N) is 3. The van der Waals surface area contributed by atoms with Crippen molar-refractivity contribution in [1.82, 2.24) is 14.5 Å². The molecule has 1 aromatic carbocycles. The number of rotatable bonds is 5. The van der Waals surface area contributed by atoms with E-state index in [9.17, 15) is 13.2 Å². The Labute approximate surface area is 199 Å². The van der Waals surface area contributed by atoms with Crippen LogP contribution in [-0.4, -0.2) is 41.9 Å². The fraction of sp³-hybridized carbons (Fsp3) is 0.417. The van der Waals surface area contributed by atoms with Crippen LogP contribution < -0.4 is 4.72 Å². The van der Waals surface area contributed by atoms with Gasteiger partial charge in [0.05, 0.1) is 11.4 Å². The normalized spacial score (nSPS) is 15.1. The summed E-state index contributed by atoms with van der Waals surface area (Å²) < 4.78 is 30.7. The predicted molar refractivity (Wildman–Crippen MR) is 132 cm³/mol. The van der Waals surface area contributed by atoms with Gasteiger partial charge in [0.2, 0.25) is 0 Å². The molecule has 0 spiro atoms. The Morgan fingerprint density at radius 2 is 1.76 bits per heavy atom. The highest BCUT2D eigenvalue weighted by atomic mass is 32.2. The standard InChI is InChI=1S/C24H30N4O3S2/c1-15-6-8-19(9-7-15)26-33(30,31)21-14-20(27(5)18(21)4)23-25-17(3)22(32-23)24(29)28-12-10-16(2)11-13-28/h6-9,14,16,26H,10-13H2,1-5H3. The number of anilines is 1. The van der Waals surface area contributed by atoms with Gasteiger partial charge in [-0.15, -0.1) is 11.3 Å². The van der Waals surface area contributed by atoms with Gasteiger partial charge in [0, 0.05) is 31.5 Å². The SMILES string of the molecule is Cc1ccc(NS(=O)(=O)c2cc(-c3nc(C)c(C(=O)N4CCC(C)CC4)s3)n(C)c2C)cc1. The fourth-order valence-electron chi connectivity index (χ4n) is 4.04. The van der Waals surface area contributed by atoms with Crippen molar-refractivity contribution >= 4 is 33.0 Å². The largest absolute Gasteiger partial charge is 0.345 e. The Kier molecular flexibility index (Phi) is 6.37. The summed E-state index contributed by atoms with van der Waals surface area (Å²) in [5.74, 6) is 0.662. The Morgan fingerprint density at radius 3 is 2.39 bits per heavy atom. The second-order valence-corrected chi connectivity index (χ2v) is 11.6. The van der Waals surface area contributed by atoms with Gasteiger partial charge in [0.25, 0.3) is 15.9 Å². The number of carbonyl (C=O) groups excluding carboxylic acids is 1. The number of aromatic nitrogens is 2. The molecule has 4 rings (SSSR count). The molecule has 3 aromatic rings. The molecule has 1 aliphatic heterocycles. The average Bonchev–Trinajstić information content (AvgIpc) is 3.30. The predicted octanol–water partition coefficient (Wildman–Crippen LogP) is 4.75. The van der Waals surface area contributed by atoms with E-state index in [1.165, 1.54) is 11.3 Å². The molecule has 0 aliphatic carbocycles. The number of amides is 1. The second-order valence-electron chi connectivity index (χ2n) is 8.92. The highest BCUT2D eigenvalue weighted by Crippen LogP contribution is 2.34. The van der Waals surface area contributed by atoms with Gasteiger partial charge in [-0.2, -0.15) is 0 Å². The molecule has 0 saturated carbocycles. The third kappa shape index (κ3) is 4.70. The van der Waals surface area contributed by atoms with E-state index in [1.807, 2.05) is 42.5 Å². The number of nitrogens with one attached hydrogen (secondary N) is 1. The maximum Gasteiger partial charge on any atom is 0.265 e. The number of thiazole rings is 1. The summed E-state index contributed by atoms with van der Waals surface area (Å²) in [5, 5.41) is 0.642. The van der Waals surface area contributed by atoms with Gasteiger partial charge in [-0.25, -0.2) is 13.4 Å². The Morgan fingerprint density at radius 1 is 1.12 bits per heavy atom. The number of likely N-dealkylation sites (tertiary alicyclic amines) is 1. The van der Waals surface area contributed by atoms with Gasteiger partial charge in [-0.1, -0.05) is 24.6 Å². The van der Waals surface area contributed by atoms with Crippen LogP contribution in [0.1, 0.15) is 46.4 Å². The number of aryl methyl sites for hydroxylation is 2. The molecule has 7 nitrogen and oxygen atoms in total. The Bertz CT molecular complexity index is 1280. The van der Waals surface area contributed by atoms with E-state index < -0.39 is 10.0 Å². The van der Waals surface area contributed by atoms with Gasteiger partial charge in [-0.05, 0) is 57.7 Å². The van der Waals surface area contributed by atoms with Crippen LogP contribution in [0, 0.1) is 26.7 Å². The van der Waals surface area contributed by atoms with E-state index >= 15 is 0 Å². The van der Waals surface area contributed by atoms with E-state index in [4.69, 9.17) is 0 Å². The van der Waals surface area contributed by atoms with Crippen LogP contribution in [-0.2, 0) is 17.1 Å². The number of sulfonamides is 1. The molecular formula is C24H30N4O3S2. The molecule has 1 aliphatic rings. The monoisotopic (exact) mass is 486 g/mol. The molecule has 0 radical (unpaired) electrons. The number of benzene rings is 1. The molecule has 2 aromatic heterocycles. The first-order chi connectivity index (χ1) is 15.6. The molecule has 176 valence electrons. The molecule has 0 unspecified atom stereocenters. The van der Waals surface area contributed by atoms with Crippen molar-refractivity contribution in [2.75, 3.05) is 17.8 Å². The van der Waals surface area contributed by atoms with Crippen molar-refractivity contribution in [3.05, 3.63) is 52.2 Å². The molecule has 1 N–H and O–H groups in total. The topological polar surface area (TPSA) is 84.3 Å². The van der Waals surface area contributed by atoms with Gasteiger partial charge in [0.1, 0.15) is 14.8 Å². The fourth-order valence-corrected chi connectivity index (χ4v) is 6.48. The number of hydrogen-bond donors (Lipinski definition) is 1. The zero-order valence-electron chi connectivity index (χ0n) is 19.7. The summed E-state index contributed by atoms with van der Waals surface area (Å²) in [6.45, 7) is 9.31. The Balaban J connectivity index is 1.63. The van der Waals surface area contributed by atoms with Gasteiger partial charge in [-0.3, -0.25) is 9.52 Å². The highest BCUT2D eigenvalue weighted by molar-refractivity contribution is 7.92. The third-order valence-electron chi connectivity index (χ3n) is 6.36. The molecule has 3 heterocycles. The van der Waals surface area contributed by atoms with Crippen molar-refractivity contribution in [3.8, 4) is 10.7 Å². The lowest BCUT2D eigenvalue weighted by Gasteiger charge is -2.30. The molecule has 1 saturated heterocycles. The van der Waals surface area contributed by atoms with Gasteiger partial charge < -0.3 is 9.47 Å². The minimum Gasteiger partial charge on any atom is -0.345 e. The molecular weight excluding hydrogens is 456 g/mol. The number of carbonyl (C=O) groups is 1. The molecule has 0 bridgehead atoms. The smallest absolute Gasteiger partial charge is 0.265 e. The van der Waals surface area contributed by atoms with E-state index in [1.54, 1.807) is 25.1 Å². The lowest BCUT2D eigenvalue weighted by atomic mass is 9.99. The number of piperidine rings is 1. The van der Waals surface area contributed by atoms with Crippen molar-refractivity contribution in [3.63, 3.8) is 0 Å². The van der Waals surface area contributed by atoms with Crippen molar-refractivity contribution < 1.29 is 13.2 Å². The first-order valence-electron chi connectivity index (χ1n) is 11.1. The third-order valence-corrected chi connectivity index (χ3v) is 9.03. The molecule has 1 fully saturated rings. The minimum atomic E-state index is -3.78. The van der Waals surface area contributed by atoms with E-state index in [-0.39, 0.29) is 10.8 Å². The maximum atomic E-state index is 13.1.